The first kappa shape index (κ1) is 12.6. The zero-order chi connectivity index (χ0) is 13.0. The number of hydrogen-bond acceptors (Lipinski definition) is 4. The fourth-order valence-electron chi connectivity index (χ4n) is 1.68. The van der Waals surface area contributed by atoms with Crippen LogP contribution >= 0.6 is 11.6 Å². The Morgan fingerprint density at radius 1 is 1.17 bits per heavy atom. The van der Waals surface area contributed by atoms with Crippen molar-refractivity contribution in [2.75, 3.05) is 14.2 Å². The average molecular weight is 265 g/mol. The molecule has 1 heterocycles. The molecule has 5 heteroatoms. The van der Waals surface area contributed by atoms with Crippen LogP contribution in [0.3, 0.4) is 0 Å². The second kappa shape index (κ2) is 5.69. The highest BCUT2D eigenvalue weighted by molar-refractivity contribution is 6.28. The molecular weight excluding hydrogens is 252 g/mol. The summed E-state index contributed by atoms with van der Waals surface area (Å²) in [7, 11) is 3.27. The summed E-state index contributed by atoms with van der Waals surface area (Å²) in [5.74, 6) is 1.58. The van der Waals surface area contributed by atoms with E-state index in [0.29, 0.717) is 6.42 Å². The fourth-order valence-corrected chi connectivity index (χ4v) is 1.85. The third-order valence-electron chi connectivity index (χ3n) is 2.54. The largest absolute Gasteiger partial charge is 0.497 e. The highest BCUT2D eigenvalue weighted by atomic mass is 35.5. The maximum atomic E-state index is 5.77. The van der Waals surface area contributed by atoms with Gasteiger partial charge >= 0.3 is 0 Å². The molecular formula is C13H13ClN2O2. The highest BCUT2D eigenvalue weighted by Gasteiger charge is 2.07. The quantitative estimate of drug-likeness (QED) is 0.797. The zero-order valence-corrected chi connectivity index (χ0v) is 10.9. The van der Waals surface area contributed by atoms with Gasteiger partial charge in [-0.2, -0.15) is 0 Å². The highest BCUT2D eigenvalue weighted by Crippen LogP contribution is 2.25. The lowest BCUT2D eigenvalue weighted by molar-refractivity contribution is 0.399. The molecule has 0 aliphatic carbocycles. The Balaban J connectivity index is 2.32. The summed E-state index contributed by atoms with van der Waals surface area (Å²) >= 11 is 5.77. The third-order valence-corrected chi connectivity index (χ3v) is 2.73. The molecule has 0 bridgehead atoms. The summed E-state index contributed by atoms with van der Waals surface area (Å²) < 4.78 is 10.5. The van der Waals surface area contributed by atoms with Gasteiger partial charge < -0.3 is 9.47 Å². The number of benzene rings is 1. The Bertz CT molecular complexity index is 546. The van der Waals surface area contributed by atoms with E-state index in [9.17, 15) is 0 Å². The Kier molecular flexibility index (Phi) is 3.99. The van der Waals surface area contributed by atoms with Crippen LogP contribution in [0.4, 0.5) is 0 Å². The Labute approximate surface area is 111 Å². The van der Waals surface area contributed by atoms with Crippen LogP contribution in [0.5, 0.6) is 11.5 Å². The summed E-state index contributed by atoms with van der Waals surface area (Å²) in [5.41, 5.74) is 1.83. The SMILES string of the molecule is COc1ccc(OC)c(Cc2ccnc(Cl)n2)c1. The van der Waals surface area contributed by atoms with E-state index < -0.39 is 0 Å². The molecule has 0 amide bonds. The van der Waals surface area contributed by atoms with Gasteiger partial charge in [0.2, 0.25) is 5.28 Å². The van der Waals surface area contributed by atoms with Gasteiger partial charge in [-0.1, -0.05) is 0 Å². The number of nitrogens with zero attached hydrogens (tertiary/aromatic N) is 2. The third kappa shape index (κ3) is 2.90. The van der Waals surface area contributed by atoms with Crippen LogP contribution < -0.4 is 9.47 Å². The van der Waals surface area contributed by atoms with Crippen molar-refractivity contribution in [2.45, 2.75) is 6.42 Å². The van der Waals surface area contributed by atoms with Gasteiger partial charge in [0, 0.05) is 23.9 Å². The molecule has 0 atom stereocenters. The normalized spacial score (nSPS) is 10.2. The minimum absolute atomic E-state index is 0.245. The molecule has 0 radical (unpaired) electrons. The van der Waals surface area contributed by atoms with Gasteiger partial charge in [0.1, 0.15) is 11.5 Å². The van der Waals surface area contributed by atoms with Gasteiger partial charge in [0.05, 0.1) is 14.2 Å². The maximum absolute atomic E-state index is 5.77. The Morgan fingerprint density at radius 3 is 2.67 bits per heavy atom. The van der Waals surface area contributed by atoms with Gasteiger partial charge in [-0.3, -0.25) is 0 Å². The van der Waals surface area contributed by atoms with Crippen molar-refractivity contribution < 1.29 is 9.47 Å². The van der Waals surface area contributed by atoms with E-state index in [1.54, 1.807) is 20.4 Å². The second-order valence-corrected chi connectivity index (χ2v) is 4.01. The molecule has 2 rings (SSSR count). The number of aromatic nitrogens is 2. The zero-order valence-electron chi connectivity index (χ0n) is 10.2. The van der Waals surface area contributed by atoms with Gasteiger partial charge in [0.15, 0.2) is 0 Å². The number of hydrogen-bond donors (Lipinski definition) is 0. The van der Waals surface area contributed by atoms with E-state index in [4.69, 9.17) is 21.1 Å². The van der Waals surface area contributed by atoms with Crippen LogP contribution in [-0.4, -0.2) is 24.2 Å². The molecule has 0 saturated heterocycles. The minimum atomic E-state index is 0.245. The van der Waals surface area contributed by atoms with Gasteiger partial charge in [0.25, 0.3) is 0 Å². The van der Waals surface area contributed by atoms with E-state index in [1.165, 1.54) is 0 Å². The van der Waals surface area contributed by atoms with Crippen molar-refractivity contribution in [3.63, 3.8) is 0 Å². The maximum Gasteiger partial charge on any atom is 0.222 e. The number of methoxy groups -OCH3 is 2. The van der Waals surface area contributed by atoms with Crippen LogP contribution in [0.1, 0.15) is 11.3 Å². The van der Waals surface area contributed by atoms with E-state index in [-0.39, 0.29) is 5.28 Å². The molecule has 0 unspecified atom stereocenters. The van der Waals surface area contributed by atoms with Crippen molar-refractivity contribution in [1.82, 2.24) is 9.97 Å². The molecule has 0 fully saturated rings. The first-order chi connectivity index (χ1) is 8.72. The summed E-state index contributed by atoms with van der Waals surface area (Å²) in [6, 6.07) is 7.48. The molecule has 0 saturated carbocycles. The van der Waals surface area contributed by atoms with E-state index in [1.807, 2.05) is 24.3 Å². The van der Waals surface area contributed by atoms with Crippen molar-refractivity contribution >= 4 is 11.6 Å². The molecule has 0 aliphatic heterocycles. The first-order valence-electron chi connectivity index (χ1n) is 5.41. The van der Waals surface area contributed by atoms with Crippen LogP contribution in [0.25, 0.3) is 0 Å². The number of ether oxygens (including phenoxy) is 2. The van der Waals surface area contributed by atoms with Crippen molar-refractivity contribution in [3.8, 4) is 11.5 Å². The molecule has 0 spiro atoms. The molecule has 18 heavy (non-hydrogen) atoms. The molecule has 1 aromatic heterocycles. The lowest BCUT2D eigenvalue weighted by Gasteiger charge is -2.10. The molecule has 94 valence electrons. The monoisotopic (exact) mass is 264 g/mol. The predicted molar refractivity (Wildman–Crippen MR) is 69.4 cm³/mol. The lowest BCUT2D eigenvalue weighted by Crippen LogP contribution is -1.98. The summed E-state index contributed by atoms with van der Waals surface area (Å²) in [6.45, 7) is 0. The number of rotatable bonds is 4. The van der Waals surface area contributed by atoms with Crippen LogP contribution in [0, 0.1) is 0 Å². The van der Waals surface area contributed by atoms with Crippen LogP contribution in [-0.2, 0) is 6.42 Å². The van der Waals surface area contributed by atoms with E-state index in [2.05, 4.69) is 9.97 Å². The van der Waals surface area contributed by atoms with Gasteiger partial charge in [-0.15, -0.1) is 0 Å². The van der Waals surface area contributed by atoms with E-state index >= 15 is 0 Å². The fraction of sp³-hybridized carbons (Fsp3) is 0.231. The molecule has 0 aliphatic rings. The number of halogens is 1. The molecule has 4 nitrogen and oxygen atoms in total. The standard InChI is InChI=1S/C13H13ClN2O2/c1-17-11-3-4-12(18-2)9(8-11)7-10-5-6-15-13(14)16-10/h3-6,8H,7H2,1-2H3. The van der Waals surface area contributed by atoms with Crippen LogP contribution in [0.2, 0.25) is 5.28 Å². The smallest absolute Gasteiger partial charge is 0.222 e. The molecule has 2 aromatic rings. The summed E-state index contributed by atoms with van der Waals surface area (Å²) in [6.07, 6.45) is 2.25. The topological polar surface area (TPSA) is 44.2 Å². The van der Waals surface area contributed by atoms with E-state index in [0.717, 1.165) is 22.8 Å². The lowest BCUT2D eigenvalue weighted by atomic mass is 10.1. The summed E-state index contributed by atoms with van der Waals surface area (Å²) in [5, 5.41) is 0.245. The van der Waals surface area contributed by atoms with Crippen molar-refractivity contribution in [2.24, 2.45) is 0 Å². The second-order valence-electron chi connectivity index (χ2n) is 3.67. The minimum Gasteiger partial charge on any atom is -0.497 e. The summed E-state index contributed by atoms with van der Waals surface area (Å²) in [4.78, 5) is 8.01. The predicted octanol–water partition coefficient (Wildman–Crippen LogP) is 2.74. The Hall–Kier alpha value is -1.81. The molecule has 1 aromatic carbocycles. The van der Waals surface area contributed by atoms with Crippen LogP contribution in [0.15, 0.2) is 30.5 Å². The van der Waals surface area contributed by atoms with Gasteiger partial charge in [-0.05, 0) is 35.9 Å². The Morgan fingerprint density at radius 2 is 2.00 bits per heavy atom. The van der Waals surface area contributed by atoms with Crippen molar-refractivity contribution in [1.29, 1.82) is 0 Å². The average Bonchev–Trinajstić information content (AvgIpc) is 2.38. The van der Waals surface area contributed by atoms with Gasteiger partial charge in [-0.25, -0.2) is 9.97 Å². The first-order valence-corrected chi connectivity index (χ1v) is 5.79. The van der Waals surface area contributed by atoms with Crippen molar-refractivity contribution in [3.05, 3.63) is 47.0 Å². The molecule has 0 N–H and O–H groups in total.